The Morgan fingerprint density at radius 1 is 1.36 bits per heavy atom. The minimum atomic E-state index is -2.47. The summed E-state index contributed by atoms with van der Waals surface area (Å²) in [6, 6.07) is 4.58. The normalized spacial score (nSPS) is 10.9. The molecule has 0 aliphatic rings. The van der Waals surface area contributed by atoms with Crippen molar-refractivity contribution in [2.45, 2.75) is 19.3 Å². The quantitative estimate of drug-likeness (QED) is 0.610. The van der Waals surface area contributed by atoms with E-state index in [4.69, 9.17) is 17.3 Å². The molecule has 0 aliphatic carbocycles. The summed E-state index contributed by atoms with van der Waals surface area (Å²) in [5.41, 5.74) is 6.60. The molecule has 0 spiro atoms. The second-order valence-electron chi connectivity index (χ2n) is 3.01. The number of benzene rings is 1. The summed E-state index contributed by atoms with van der Waals surface area (Å²) in [6.45, 7) is 0. The van der Waals surface area contributed by atoms with Gasteiger partial charge in [-0.25, -0.2) is 8.78 Å². The van der Waals surface area contributed by atoms with E-state index in [0.29, 0.717) is 30.0 Å². The molecule has 0 aromatic heterocycles. The zero-order chi connectivity index (χ0) is 10.6. The molecule has 14 heavy (non-hydrogen) atoms. The first-order chi connectivity index (χ1) is 6.66. The van der Waals surface area contributed by atoms with Gasteiger partial charge in [0.1, 0.15) is 0 Å². The first kappa shape index (κ1) is 11.2. The number of anilines is 1. The van der Waals surface area contributed by atoms with Crippen LogP contribution in [0, 0.1) is 0 Å². The van der Waals surface area contributed by atoms with Gasteiger partial charge in [0.15, 0.2) is 0 Å². The van der Waals surface area contributed by atoms with Crippen LogP contribution in [0.3, 0.4) is 0 Å². The summed E-state index contributed by atoms with van der Waals surface area (Å²) in [6.07, 6.45) is -1.30. The summed E-state index contributed by atoms with van der Waals surface area (Å²) >= 11 is 5.51. The van der Waals surface area contributed by atoms with E-state index in [0.717, 1.165) is 0 Å². The van der Waals surface area contributed by atoms with Crippen molar-refractivity contribution < 1.29 is 8.78 Å². The molecular formula is C10H12ClF2N. The van der Waals surface area contributed by atoms with E-state index in [1.54, 1.807) is 12.1 Å². The monoisotopic (exact) mass is 219 g/mol. The predicted octanol–water partition coefficient (Wildman–Crippen LogP) is 3.38. The first-order valence-corrected chi connectivity index (χ1v) is 4.91. The summed E-state index contributed by atoms with van der Waals surface area (Å²) < 4.78 is 25.1. The number of nitrogen functional groups attached to an aromatic ring is 1. The molecule has 0 radical (unpaired) electrons. The highest BCUT2D eigenvalue weighted by molar-refractivity contribution is 6.17. The van der Waals surface area contributed by atoms with Crippen LogP contribution in [0.1, 0.15) is 24.0 Å². The molecule has 2 N–H and O–H groups in total. The molecule has 0 atom stereocenters. The molecule has 4 heteroatoms. The second kappa shape index (κ2) is 5.15. The molecule has 0 saturated heterocycles. The molecule has 0 amide bonds. The number of alkyl halides is 3. The third-order valence-corrected chi connectivity index (χ3v) is 2.31. The fourth-order valence-electron chi connectivity index (χ4n) is 1.36. The molecule has 1 aromatic carbocycles. The molecule has 0 aliphatic heterocycles. The van der Waals surface area contributed by atoms with Crippen molar-refractivity contribution in [1.82, 2.24) is 0 Å². The Morgan fingerprint density at radius 3 is 2.64 bits per heavy atom. The van der Waals surface area contributed by atoms with E-state index in [9.17, 15) is 8.78 Å². The summed E-state index contributed by atoms with van der Waals surface area (Å²) in [5, 5.41) is 0. The Bertz CT molecular complexity index is 302. The highest BCUT2D eigenvalue weighted by Gasteiger charge is 2.13. The average Bonchev–Trinajstić information content (AvgIpc) is 2.15. The second-order valence-corrected chi connectivity index (χ2v) is 3.39. The Hall–Kier alpha value is -0.830. The number of halogens is 3. The predicted molar refractivity (Wildman–Crippen MR) is 54.9 cm³/mol. The average molecular weight is 220 g/mol. The lowest BCUT2D eigenvalue weighted by Crippen LogP contribution is -2.01. The van der Waals surface area contributed by atoms with Gasteiger partial charge in [-0.1, -0.05) is 12.1 Å². The van der Waals surface area contributed by atoms with Crippen molar-refractivity contribution in [1.29, 1.82) is 0 Å². The van der Waals surface area contributed by atoms with Crippen molar-refractivity contribution in [3.63, 3.8) is 0 Å². The number of hydrogen-bond acceptors (Lipinski definition) is 1. The highest BCUT2D eigenvalue weighted by Crippen LogP contribution is 2.27. The Kier molecular flexibility index (Phi) is 4.14. The third kappa shape index (κ3) is 2.58. The molecular weight excluding hydrogens is 208 g/mol. The fraction of sp³-hybridized carbons (Fsp3) is 0.400. The number of hydrogen-bond donors (Lipinski definition) is 1. The lowest BCUT2D eigenvalue weighted by atomic mass is 10.0. The van der Waals surface area contributed by atoms with E-state index in [1.165, 1.54) is 6.07 Å². The molecule has 0 bridgehead atoms. The Balaban J connectivity index is 2.96. The topological polar surface area (TPSA) is 26.0 Å². The van der Waals surface area contributed by atoms with Crippen LogP contribution in [0.2, 0.25) is 0 Å². The minimum absolute atomic E-state index is 0.0233. The lowest BCUT2D eigenvalue weighted by molar-refractivity contribution is 0.150. The Labute approximate surface area is 86.9 Å². The van der Waals surface area contributed by atoms with Crippen LogP contribution in [-0.2, 0) is 6.42 Å². The SMILES string of the molecule is Nc1cccc(C(F)F)c1CCCCl. The van der Waals surface area contributed by atoms with Gasteiger partial charge in [0.25, 0.3) is 6.43 Å². The maximum absolute atomic E-state index is 12.5. The van der Waals surface area contributed by atoms with Crippen molar-refractivity contribution in [3.8, 4) is 0 Å². The van der Waals surface area contributed by atoms with Gasteiger partial charge >= 0.3 is 0 Å². The van der Waals surface area contributed by atoms with E-state index in [1.807, 2.05) is 0 Å². The van der Waals surface area contributed by atoms with Crippen molar-refractivity contribution in [2.24, 2.45) is 0 Å². The van der Waals surface area contributed by atoms with Gasteiger partial charge in [0, 0.05) is 17.1 Å². The lowest BCUT2D eigenvalue weighted by Gasteiger charge is -2.10. The molecule has 0 fully saturated rings. The molecule has 1 rings (SSSR count). The first-order valence-electron chi connectivity index (χ1n) is 4.38. The zero-order valence-electron chi connectivity index (χ0n) is 7.64. The fourth-order valence-corrected chi connectivity index (χ4v) is 1.49. The highest BCUT2D eigenvalue weighted by atomic mass is 35.5. The van der Waals surface area contributed by atoms with Crippen LogP contribution < -0.4 is 5.73 Å². The molecule has 0 unspecified atom stereocenters. The Morgan fingerprint density at radius 2 is 2.07 bits per heavy atom. The van der Waals surface area contributed by atoms with Crippen LogP contribution in [0.5, 0.6) is 0 Å². The summed E-state index contributed by atoms with van der Waals surface area (Å²) in [4.78, 5) is 0. The van der Waals surface area contributed by atoms with Gasteiger partial charge in [-0.2, -0.15) is 0 Å². The van der Waals surface area contributed by atoms with Gasteiger partial charge < -0.3 is 5.73 Å². The smallest absolute Gasteiger partial charge is 0.264 e. The van der Waals surface area contributed by atoms with Gasteiger partial charge in [0.05, 0.1) is 0 Å². The maximum atomic E-state index is 12.5. The van der Waals surface area contributed by atoms with Crippen LogP contribution in [0.15, 0.2) is 18.2 Å². The number of rotatable bonds is 4. The van der Waals surface area contributed by atoms with Gasteiger partial charge in [-0.05, 0) is 24.5 Å². The van der Waals surface area contributed by atoms with E-state index < -0.39 is 6.43 Å². The van der Waals surface area contributed by atoms with Crippen LogP contribution in [0.4, 0.5) is 14.5 Å². The molecule has 0 heterocycles. The molecule has 78 valence electrons. The minimum Gasteiger partial charge on any atom is -0.398 e. The maximum Gasteiger partial charge on any atom is 0.264 e. The standard InChI is InChI=1S/C10H12ClF2N/c11-6-2-4-7-8(10(12)13)3-1-5-9(7)14/h1,3,5,10H,2,4,6,14H2. The zero-order valence-corrected chi connectivity index (χ0v) is 8.40. The molecule has 0 saturated carbocycles. The van der Waals surface area contributed by atoms with Gasteiger partial charge in [-0.3, -0.25) is 0 Å². The van der Waals surface area contributed by atoms with Crippen molar-refractivity contribution in [3.05, 3.63) is 29.3 Å². The molecule has 1 aromatic rings. The third-order valence-electron chi connectivity index (χ3n) is 2.04. The van der Waals surface area contributed by atoms with Crippen molar-refractivity contribution >= 4 is 17.3 Å². The largest absolute Gasteiger partial charge is 0.398 e. The van der Waals surface area contributed by atoms with E-state index >= 15 is 0 Å². The molecule has 1 nitrogen and oxygen atoms in total. The van der Waals surface area contributed by atoms with E-state index in [2.05, 4.69) is 0 Å². The van der Waals surface area contributed by atoms with Crippen LogP contribution >= 0.6 is 11.6 Å². The van der Waals surface area contributed by atoms with Gasteiger partial charge in [-0.15, -0.1) is 11.6 Å². The van der Waals surface area contributed by atoms with Crippen molar-refractivity contribution in [2.75, 3.05) is 11.6 Å². The summed E-state index contributed by atoms with van der Waals surface area (Å²) in [7, 11) is 0. The number of nitrogens with two attached hydrogens (primary N) is 1. The summed E-state index contributed by atoms with van der Waals surface area (Å²) in [5.74, 6) is 0.455. The van der Waals surface area contributed by atoms with Crippen LogP contribution in [-0.4, -0.2) is 5.88 Å². The van der Waals surface area contributed by atoms with E-state index in [-0.39, 0.29) is 5.56 Å². The van der Waals surface area contributed by atoms with Crippen LogP contribution in [0.25, 0.3) is 0 Å². The van der Waals surface area contributed by atoms with Gasteiger partial charge in [0.2, 0.25) is 0 Å².